The third-order valence-electron chi connectivity index (χ3n) is 6.52. The van der Waals surface area contributed by atoms with E-state index in [1.54, 1.807) is 6.92 Å². The number of ether oxygens (including phenoxy) is 2. The number of hydrogen-bond donors (Lipinski definition) is 3. The van der Waals surface area contributed by atoms with Crippen LogP contribution in [-0.2, 0) is 19.1 Å². The molecule has 2 amide bonds. The lowest BCUT2D eigenvalue weighted by molar-refractivity contribution is -0.139. The smallest absolute Gasteiger partial charge is 0.407 e. The van der Waals surface area contributed by atoms with E-state index in [0.717, 1.165) is 22.3 Å². The topological polar surface area (TPSA) is 114 Å². The Morgan fingerprint density at radius 3 is 2.21 bits per heavy atom. The minimum Gasteiger partial charge on any atom is -0.481 e. The molecule has 0 spiro atoms. The van der Waals surface area contributed by atoms with Gasteiger partial charge in [0.15, 0.2) is 0 Å². The first-order valence-corrected chi connectivity index (χ1v) is 11.1. The second-order valence-electron chi connectivity index (χ2n) is 8.57. The maximum atomic E-state index is 12.7. The number of carbonyl (C=O) groups excluding carboxylic acids is 2. The van der Waals surface area contributed by atoms with Crippen LogP contribution in [0.15, 0.2) is 48.5 Å². The Morgan fingerprint density at radius 2 is 1.67 bits per heavy atom. The number of alkyl carbamates (subject to hydrolysis) is 1. The van der Waals surface area contributed by atoms with E-state index in [0.29, 0.717) is 6.42 Å². The standard InChI is InChI=1S/C25H28N2O6/c1-14(32-2)22(23(28)26-12-15-11-20(15)24(29)30)27-25(31)33-13-21-18-9-5-3-7-16(18)17-8-4-6-10-19(17)21/h3-10,14-15,20-22H,11-13H2,1-2H3,(H,26,28)(H,27,31)(H,29,30)/t14?,15-,20-,22?/m0/s1. The highest BCUT2D eigenvalue weighted by Gasteiger charge is 2.43. The van der Waals surface area contributed by atoms with Crippen LogP contribution in [0.5, 0.6) is 0 Å². The SMILES string of the molecule is COC(C)C(NC(=O)OCC1c2ccccc2-c2ccccc21)C(=O)NC[C@@H]1C[C@@H]1C(=O)O. The zero-order chi connectivity index (χ0) is 23.5. The number of carboxylic acid groups (broad SMARTS) is 1. The molecule has 174 valence electrons. The normalized spacial score (nSPS) is 20.2. The van der Waals surface area contributed by atoms with Gasteiger partial charge >= 0.3 is 12.1 Å². The number of amides is 2. The average Bonchev–Trinajstić information content (AvgIpc) is 3.55. The number of aliphatic carboxylic acids is 1. The number of nitrogens with one attached hydrogen (secondary N) is 2. The van der Waals surface area contributed by atoms with Crippen molar-refractivity contribution in [3.05, 3.63) is 59.7 Å². The fourth-order valence-electron chi connectivity index (χ4n) is 4.42. The minimum atomic E-state index is -0.965. The molecule has 0 heterocycles. The first-order valence-electron chi connectivity index (χ1n) is 11.1. The van der Waals surface area contributed by atoms with Gasteiger partial charge in [-0.15, -0.1) is 0 Å². The Labute approximate surface area is 192 Å². The number of benzene rings is 2. The van der Waals surface area contributed by atoms with E-state index in [1.807, 2.05) is 36.4 Å². The maximum Gasteiger partial charge on any atom is 0.407 e. The van der Waals surface area contributed by atoms with Crippen molar-refractivity contribution < 1.29 is 29.0 Å². The molecular weight excluding hydrogens is 424 g/mol. The first kappa shape index (κ1) is 22.8. The quantitative estimate of drug-likeness (QED) is 0.539. The van der Waals surface area contributed by atoms with Crippen LogP contribution >= 0.6 is 0 Å². The van der Waals surface area contributed by atoms with Crippen molar-refractivity contribution in [2.24, 2.45) is 11.8 Å². The zero-order valence-electron chi connectivity index (χ0n) is 18.6. The van der Waals surface area contributed by atoms with Crippen LogP contribution in [0.25, 0.3) is 11.1 Å². The fourth-order valence-corrected chi connectivity index (χ4v) is 4.42. The van der Waals surface area contributed by atoms with Crippen molar-refractivity contribution in [2.75, 3.05) is 20.3 Å². The van der Waals surface area contributed by atoms with Crippen LogP contribution < -0.4 is 10.6 Å². The average molecular weight is 453 g/mol. The Morgan fingerprint density at radius 1 is 1.06 bits per heavy atom. The maximum absolute atomic E-state index is 12.7. The molecule has 3 N–H and O–H groups in total. The predicted molar refractivity (Wildman–Crippen MR) is 121 cm³/mol. The highest BCUT2D eigenvalue weighted by molar-refractivity contribution is 5.86. The zero-order valence-corrected chi connectivity index (χ0v) is 18.6. The Kier molecular flexibility index (Phi) is 6.65. The molecule has 8 heteroatoms. The van der Waals surface area contributed by atoms with Crippen molar-refractivity contribution in [3.63, 3.8) is 0 Å². The summed E-state index contributed by atoms with van der Waals surface area (Å²) in [6, 6.07) is 15.1. The summed E-state index contributed by atoms with van der Waals surface area (Å²) in [5.41, 5.74) is 4.46. The second-order valence-corrected chi connectivity index (χ2v) is 8.57. The second kappa shape index (κ2) is 9.62. The molecule has 4 rings (SSSR count). The number of methoxy groups -OCH3 is 1. The summed E-state index contributed by atoms with van der Waals surface area (Å²) in [6.07, 6.45) is -0.768. The van der Waals surface area contributed by atoms with E-state index >= 15 is 0 Å². The van der Waals surface area contributed by atoms with Gasteiger partial charge in [-0.2, -0.15) is 0 Å². The Hall–Kier alpha value is -3.39. The number of hydrogen-bond acceptors (Lipinski definition) is 5. The fraction of sp³-hybridized carbons (Fsp3) is 0.400. The molecule has 1 saturated carbocycles. The van der Waals surface area contributed by atoms with Crippen molar-refractivity contribution in [3.8, 4) is 11.1 Å². The summed E-state index contributed by atoms with van der Waals surface area (Å²) in [5, 5.41) is 14.3. The van der Waals surface area contributed by atoms with Gasteiger partial charge in [0.25, 0.3) is 0 Å². The third-order valence-corrected chi connectivity index (χ3v) is 6.52. The van der Waals surface area contributed by atoms with Crippen LogP contribution in [0.1, 0.15) is 30.4 Å². The van der Waals surface area contributed by atoms with Gasteiger partial charge in [0.05, 0.1) is 12.0 Å². The molecule has 2 aliphatic carbocycles. The van der Waals surface area contributed by atoms with Gasteiger partial charge in [-0.1, -0.05) is 48.5 Å². The lowest BCUT2D eigenvalue weighted by Crippen LogP contribution is -2.53. The first-order chi connectivity index (χ1) is 15.9. The molecule has 0 aliphatic heterocycles. The van der Waals surface area contributed by atoms with Crippen molar-refractivity contribution >= 4 is 18.0 Å². The highest BCUT2D eigenvalue weighted by Crippen LogP contribution is 2.44. The van der Waals surface area contributed by atoms with Crippen molar-refractivity contribution in [1.82, 2.24) is 10.6 Å². The summed E-state index contributed by atoms with van der Waals surface area (Å²) >= 11 is 0. The molecule has 0 bridgehead atoms. The number of carboxylic acids is 1. The molecule has 1 fully saturated rings. The summed E-state index contributed by atoms with van der Waals surface area (Å²) < 4.78 is 10.8. The van der Waals surface area contributed by atoms with Crippen LogP contribution in [0.3, 0.4) is 0 Å². The monoisotopic (exact) mass is 452 g/mol. The molecule has 2 aromatic rings. The Bertz CT molecular complexity index is 1010. The number of fused-ring (bicyclic) bond motifs is 3. The molecule has 33 heavy (non-hydrogen) atoms. The van der Waals surface area contributed by atoms with Gasteiger partial charge in [-0.05, 0) is 41.5 Å². The van der Waals surface area contributed by atoms with E-state index in [1.165, 1.54) is 7.11 Å². The van der Waals surface area contributed by atoms with E-state index in [2.05, 4.69) is 22.8 Å². The van der Waals surface area contributed by atoms with Crippen LogP contribution in [0.2, 0.25) is 0 Å². The van der Waals surface area contributed by atoms with Gasteiger partial charge in [-0.25, -0.2) is 4.79 Å². The highest BCUT2D eigenvalue weighted by atomic mass is 16.5. The molecule has 2 unspecified atom stereocenters. The molecular formula is C25H28N2O6. The largest absolute Gasteiger partial charge is 0.481 e. The lowest BCUT2D eigenvalue weighted by atomic mass is 9.98. The molecule has 4 atom stereocenters. The molecule has 2 aromatic carbocycles. The van der Waals surface area contributed by atoms with Crippen LogP contribution in [-0.4, -0.2) is 55.5 Å². The predicted octanol–water partition coefficient (Wildman–Crippen LogP) is 2.77. The summed E-state index contributed by atoms with van der Waals surface area (Å²) in [5.74, 6) is -1.88. The summed E-state index contributed by atoms with van der Waals surface area (Å²) in [6.45, 7) is 2.05. The molecule has 0 saturated heterocycles. The minimum absolute atomic E-state index is 0.0839. The van der Waals surface area contributed by atoms with E-state index in [9.17, 15) is 14.4 Å². The van der Waals surface area contributed by atoms with Gasteiger partial charge in [-0.3, -0.25) is 9.59 Å². The molecule has 0 aromatic heterocycles. The molecule has 8 nitrogen and oxygen atoms in total. The number of carbonyl (C=O) groups is 3. The van der Waals surface area contributed by atoms with Crippen LogP contribution in [0.4, 0.5) is 4.79 Å². The molecule has 0 radical (unpaired) electrons. The van der Waals surface area contributed by atoms with E-state index in [4.69, 9.17) is 14.6 Å². The number of rotatable bonds is 9. The summed E-state index contributed by atoms with van der Waals surface area (Å²) in [7, 11) is 1.45. The Balaban J connectivity index is 1.36. The van der Waals surface area contributed by atoms with E-state index < -0.39 is 36.0 Å². The van der Waals surface area contributed by atoms with Crippen LogP contribution in [0, 0.1) is 11.8 Å². The van der Waals surface area contributed by atoms with E-state index in [-0.39, 0.29) is 25.0 Å². The van der Waals surface area contributed by atoms with Crippen molar-refractivity contribution in [1.29, 1.82) is 0 Å². The van der Waals surface area contributed by atoms with Gasteiger partial charge in [0.1, 0.15) is 12.6 Å². The lowest BCUT2D eigenvalue weighted by Gasteiger charge is -2.23. The van der Waals surface area contributed by atoms with Crippen molar-refractivity contribution in [2.45, 2.75) is 31.4 Å². The van der Waals surface area contributed by atoms with Gasteiger partial charge in [0, 0.05) is 19.6 Å². The molecule has 2 aliphatic rings. The third kappa shape index (κ3) is 4.85. The summed E-state index contributed by atoms with van der Waals surface area (Å²) in [4.78, 5) is 36.3. The van der Waals surface area contributed by atoms with Gasteiger partial charge < -0.3 is 25.2 Å². The van der Waals surface area contributed by atoms with Gasteiger partial charge in [0.2, 0.25) is 5.91 Å².